The van der Waals surface area contributed by atoms with Crippen molar-refractivity contribution in [3.05, 3.63) is 72.1 Å². The minimum atomic E-state index is -4.98. The molecule has 1 amide bonds. The maximum Gasteiger partial charge on any atom is 0.573 e. The molecule has 0 aliphatic heterocycles. The second kappa shape index (κ2) is 9.54. The minimum absolute atomic E-state index is 0.0966. The SMILES string of the molecule is NS(=O)(=O)c1cc(NC(=O)Cc2ccccc2OC(F)(F)F)ccc1-c1cncc(C(F)(F)F)c1. The number of benzene rings is 2. The van der Waals surface area contributed by atoms with Gasteiger partial charge in [-0.1, -0.05) is 24.3 Å². The first kappa shape index (κ1) is 26.0. The van der Waals surface area contributed by atoms with E-state index in [-0.39, 0.29) is 22.4 Å². The van der Waals surface area contributed by atoms with E-state index in [0.29, 0.717) is 12.3 Å². The van der Waals surface area contributed by atoms with Crippen LogP contribution in [0.25, 0.3) is 11.1 Å². The number of amides is 1. The Morgan fingerprint density at radius 2 is 1.69 bits per heavy atom. The van der Waals surface area contributed by atoms with Crippen molar-refractivity contribution in [2.75, 3.05) is 5.32 Å². The number of hydrogen-bond acceptors (Lipinski definition) is 5. The van der Waals surface area contributed by atoms with Gasteiger partial charge in [0.1, 0.15) is 5.75 Å². The van der Waals surface area contributed by atoms with Crippen molar-refractivity contribution < 1.29 is 44.3 Å². The van der Waals surface area contributed by atoms with Crippen LogP contribution in [0.3, 0.4) is 0 Å². The summed E-state index contributed by atoms with van der Waals surface area (Å²) in [6.07, 6.45) is -8.70. The molecule has 35 heavy (non-hydrogen) atoms. The van der Waals surface area contributed by atoms with E-state index in [1.807, 2.05) is 0 Å². The van der Waals surface area contributed by atoms with Crippen LogP contribution in [0.4, 0.5) is 32.0 Å². The van der Waals surface area contributed by atoms with E-state index < -0.39 is 51.1 Å². The molecule has 3 N–H and O–H groups in total. The zero-order valence-electron chi connectivity index (χ0n) is 17.3. The number of aromatic nitrogens is 1. The van der Waals surface area contributed by atoms with Gasteiger partial charge in [0.2, 0.25) is 15.9 Å². The molecule has 14 heteroatoms. The van der Waals surface area contributed by atoms with Crippen molar-refractivity contribution in [2.24, 2.45) is 5.14 Å². The van der Waals surface area contributed by atoms with Crippen LogP contribution in [-0.2, 0) is 27.4 Å². The zero-order valence-corrected chi connectivity index (χ0v) is 18.1. The van der Waals surface area contributed by atoms with Gasteiger partial charge in [0.25, 0.3) is 0 Å². The number of carbonyl (C=O) groups is 1. The average Bonchev–Trinajstić information content (AvgIpc) is 2.73. The summed E-state index contributed by atoms with van der Waals surface area (Å²) >= 11 is 0. The summed E-state index contributed by atoms with van der Waals surface area (Å²) in [6.45, 7) is 0. The van der Waals surface area contributed by atoms with Gasteiger partial charge in [-0.3, -0.25) is 9.78 Å². The first-order chi connectivity index (χ1) is 16.1. The van der Waals surface area contributed by atoms with Crippen LogP contribution in [0, 0.1) is 0 Å². The van der Waals surface area contributed by atoms with Crippen LogP contribution in [0.1, 0.15) is 11.1 Å². The number of ether oxygens (including phenoxy) is 1. The minimum Gasteiger partial charge on any atom is -0.405 e. The van der Waals surface area contributed by atoms with Gasteiger partial charge in [-0.05, 0) is 24.3 Å². The number of nitrogens with zero attached hydrogens (tertiary/aromatic N) is 1. The number of nitrogens with two attached hydrogens (primary N) is 1. The Labute approximate surface area is 194 Å². The Kier molecular flexibility index (Phi) is 7.08. The zero-order chi connectivity index (χ0) is 26.0. The molecule has 0 spiro atoms. The molecule has 0 bridgehead atoms. The largest absolute Gasteiger partial charge is 0.573 e. The Bertz CT molecular complexity index is 1360. The van der Waals surface area contributed by atoms with E-state index in [1.54, 1.807) is 0 Å². The van der Waals surface area contributed by atoms with Gasteiger partial charge in [0.15, 0.2) is 0 Å². The third kappa shape index (κ3) is 6.93. The number of alkyl halides is 6. The van der Waals surface area contributed by atoms with Gasteiger partial charge >= 0.3 is 12.5 Å². The van der Waals surface area contributed by atoms with Crippen molar-refractivity contribution in [1.29, 1.82) is 0 Å². The lowest BCUT2D eigenvalue weighted by molar-refractivity contribution is -0.274. The standard InChI is InChI=1S/C21H15F6N3O4S/c22-20(23,24)14-7-13(10-29-11-14)16-6-5-15(9-18(16)35(28,32)33)30-19(31)8-12-3-1-2-4-17(12)34-21(25,26)27/h1-7,9-11H,8H2,(H,30,31)(H2,28,32,33). The number of hydrogen-bond donors (Lipinski definition) is 2. The van der Waals surface area contributed by atoms with Crippen molar-refractivity contribution in [3.8, 4) is 16.9 Å². The fraction of sp³-hybridized carbons (Fsp3) is 0.143. The molecule has 0 unspecified atom stereocenters. The van der Waals surface area contributed by atoms with Gasteiger partial charge < -0.3 is 10.1 Å². The van der Waals surface area contributed by atoms with Crippen LogP contribution in [0.5, 0.6) is 5.75 Å². The molecular formula is C21H15F6N3O4S. The summed E-state index contributed by atoms with van der Waals surface area (Å²) in [5.41, 5.74) is -1.72. The molecule has 0 saturated carbocycles. The molecule has 2 aromatic carbocycles. The monoisotopic (exact) mass is 519 g/mol. The number of primary sulfonamides is 1. The lowest BCUT2D eigenvalue weighted by Crippen LogP contribution is -2.20. The number of anilines is 1. The lowest BCUT2D eigenvalue weighted by Gasteiger charge is -2.14. The number of nitrogens with one attached hydrogen (secondary N) is 1. The third-order valence-electron chi connectivity index (χ3n) is 4.50. The molecule has 3 rings (SSSR count). The molecule has 0 fully saturated rings. The first-order valence-electron chi connectivity index (χ1n) is 9.46. The first-order valence-corrected chi connectivity index (χ1v) is 11.0. The normalized spacial score (nSPS) is 12.3. The maximum absolute atomic E-state index is 13.0. The van der Waals surface area contributed by atoms with Crippen LogP contribution >= 0.6 is 0 Å². The number of rotatable bonds is 6. The third-order valence-corrected chi connectivity index (χ3v) is 5.45. The maximum atomic E-state index is 13.0. The molecule has 7 nitrogen and oxygen atoms in total. The van der Waals surface area contributed by atoms with Crippen molar-refractivity contribution in [3.63, 3.8) is 0 Å². The molecule has 1 aromatic heterocycles. The summed E-state index contributed by atoms with van der Waals surface area (Å²) in [6, 6.07) is 8.85. The highest BCUT2D eigenvalue weighted by molar-refractivity contribution is 7.89. The molecule has 0 atom stereocenters. The lowest BCUT2D eigenvalue weighted by atomic mass is 10.0. The van der Waals surface area contributed by atoms with Crippen molar-refractivity contribution >= 4 is 21.6 Å². The Balaban J connectivity index is 1.90. The number of pyridine rings is 1. The second-order valence-electron chi connectivity index (χ2n) is 7.10. The van der Waals surface area contributed by atoms with Gasteiger partial charge in [0, 0.05) is 34.8 Å². The van der Waals surface area contributed by atoms with Crippen LogP contribution in [0.15, 0.2) is 65.8 Å². The predicted octanol–water partition coefficient (Wildman–Crippen LogP) is 4.49. The number of halogens is 6. The summed E-state index contributed by atoms with van der Waals surface area (Å²) in [5, 5.41) is 7.53. The Morgan fingerprint density at radius 1 is 1.00 bits per heavy atom. The molecular weight excluding hydrogens is 504 g/mol. The highest BCUT2D eigenvalue weighted by atomic mass is 32.2. The van der Waals surface area contributed by atoms with E-state index in [4.69, 9.17) is 5.14 Å². The molecule has 0 saturated heterocycles. The number of sulfonamides is 1. The quantitative estimate of drug-likeness (QED) is 0.466. The van der Waals surface area contributed by atoms with Gasteiger partial charge in [-0.25, -0.2) is 13.6 Å². The van der Waals surface area contributed by atoms with E-state index in [0.717, 1.165) is 24.4 Å². The molecule has 186 valence electrons. The smallest absolute Gasteiger partial charge is 0.405 e. The van der Waals surface area contributed by atoms with Crippen LogP contribution in [0.2, 0.25) is 0 Å². The van der Waals surface area contributed by atoms with Crippen molar-refractivity contribution in [2.45, 2.75) is 23.9 Å². The van der Waals surface area contributed by atoms with Gasteiger partial charge in [0.05, 0.1) is 16.9 Å². The highest BCUT2D eigenvalue weighted by Gasteiger charge is 2.33. The fourth-order valence-corrected chi connectivity index (χ4v) is 3.85. The van der Waals surface area contributed by atoms with E-state index in [1.165, 1.54) is 24.3 Å². The number of para-hydroxylation sites is 1. The summed E-state index contributed by atoms with van der Waals surface area (Å²) in [5.74, 6) is -1.41. The van der Waals surface area contributed by atoms with Crippen LogP contribution < -0.4 is 15.2 Å². The summed E-state index contributed by atoms with van der Waals surface area (Å²) in [7, 11) is -4.48. The second-order valence-corrected chi connectivity index (χ2v) is 8.63. The molecule has 0 aliphatic carbocycles. The van der Waals surface area contributed by atoms with E-state index >= 15 is 0 Å². The highest BCUT2D eigenvalue weighted by Crippen LogP contribution is 2.34. The van der Waals surface area contributed by atoms with E-state index in [9.17, 15) is 39.6 Å². The summed E-state index contributed by atoms with van der Waals surface area (Å²) < 4.78 is 105. The average molecular weight is 519 g/mol. The van der Waals surface area contributed by atoms with Gasteiger partial charge in [-0.15, -0.1) is 13.2 Å². The fourth-order valence-electron chi connectivity index (χ4n) is 3.07. The molecule has 1 heterocycles. The molecule has 0 radical (unpaired) electrons. The summed E-state index contributed by atoms with van der Waals surface area (Å²) in [4.78, 5) is 15.3. The predicted molar refractivity (Wildman–Crippen MR) is 112 cm³/mol. The van der Waals surface area contributed by atoms with E-state index in [2.05, 4.69) is 15.0 Å². The van der Waals surface area contributed by atoms with Crippen molar-refractivity contribution in [1.82, 2.24) is 4.98 Å². The Hall–Kier alpha value is -3.65. The Morgan fingerprint density at radius 3 is 2.31 bits per heavy atom. The molecule has 3 aromatic rings. The van der Waals surface area contributed by atoms with Gasteiger partial charge in [-0.2, -0.15) is 13.2 Å². The molecule has 0 aliphatic rings. The number of carbonyl (C=O) groups excluding carboxylic acids is 1. The topological polar surface area (TPSA) is 111 Å². The van der Waals surface area contributed by atoms with Crippen LogP contribution in [-0.4, -0.2) is 25.7 Å².